The number of sulfonamides is 1. The summed E-state index contributed by atoms with van der Waals surface area (Å²) in [5.41, 5.74) is 4.13. The Morgan fingerprint density at radius 1 is 0.900 bits per heavy atom. The third-order valence-corrected chi connectivity index (χ3v) is 5.99. The number of nitrogens with one attached hydrogen (secondary N) is 2. The summed E-state index contributed by atoms with van der Waals surface area (Å²) in [4.78, 5) is 12.3. The molecule has 3 aromatic rings. The Morgan fingerprint density at radius 3 is 2.23 bits per heavy atom. The van der Waals surface area contributed by atoms with E-state index >= 15 is 0 Å². The Morgan fingerprint density at radius 2 is 1.57 bits per heavy atom. The highest BCUT2D eigenvalue weighted by atomic mass is 32.2. The number of hydrogen-bond donors (Lipinski definition) is 2. The van der Waals surface area contributed by atoms with Crippen LogP contribution in [0.1, 0.15) is 16.7 Å². The first kappa shape index (κ1) is 21.4. The molecule has 30 heavy (non-hydrogen) atoms. The lowest BCUT2D eigenvalue weighted by Gasteiger charge is -2.13. The van der Waals surface area contributed by atoms with Crippen LogP contribution in [0.15, 0.2) is 71.6 Å². The number of amides is 1. The van der Waals surface area contributed by atoms with Crippen LogP contribution in [0.2, 0.25) is 0 Å². The number of benzene rings is 3. The zero-order valence-electron chi connectivity index (χ0n) is 17.1. The molecule has 0 unspecified atom stereocenters. The largest absolute Gasteiger partial charge is 0.483 e. The molecular formula is C23H24N2O4S. The molecule has 7 heteroatoms. The summed E-state index contributed by atoms with van der Waals surface area (Å²) in [5.74, 6) is 0.350. The van der Waals surface area contributed by atoms with Gasteiger partial charge in [0.05, 0.1) is 4.90 Å². The van der Waals surface area contributed by atoms with E-state index in [1.807, 2.05) is 26.8 Å². The minimum atomic E-state index is -3.71. The van der Waals surface area contributed by atoms with Crippen molar-refractivity contribution in [3.05, 3.63) is 83.4 Å². The second-order valence-corrected chi connectivity index (χ2v) is 8.72. The number of para-hydroxylation sites is 1. The summed E-state index contributed by atoms with van der Waals surface area (Å²) in [7, 11) is -3.71. The minimum absolute atomic E-state index is 0.103. The molecule has 0 aromatic heterocycles. The smallest absolute Gasteiger partial charge is 0.262 e. The maximum Gasteiger partial charge on any atom is 0.262 e. The summed E-state index contributed by atoms with van der Waals surface area (Å²) < 4.78 is 33.1. The van der Waals surface area contributed by atoms with Crippen molar-refractivity contribution in [3.8, 4) is 5.75 Å². The van der Waals surface area contributed by atoms with Gasteiger partial charge < -0.3 is 10.1 Å². The van der Waals surface area contributed by atoms with Crippen molar-refractivity contribution >= 4 is 27.3 Å². The van der Waals surface area contributed by atoms with Gasteiger partial charge in [0.1, 0.15) is 5.75 Å². The van der Waals surface area contributed by atoms with E-state index in [2.05, 4.69) is 16.1 Å². The van der Waals surface area contributed by atoms with E-state index in [1.54, 1.807) is 42.5 Å². The molecule has 0 spiro atoms. The van der Waals surface area contributed by atoms with Crippen LogP contribution < -0.4 is 14.8 Å². The molecule has 3 rings (SSSR count). The van der Waals surface area contributed by atoms with Crippen molar-refractivity contribution < 1.29 is 17.9 Å². The fourth-order valence-corrected chi connectivity index (χ4v) is 3.99. The first-order valence-electron chi connectivity index (χ1n) is 9.43. The molecule has 1 amide bonds. The summed E-state index contributed by atoms with van der Waals surface area (Å²) >= 11 is 0. The fourth-order valence-electron chi connectivity index (χ4n) is 2.93. The predicted molar refractivity (Wildman–Crippen MR) is 118 cm³/mol. The van der Waals surface area contributed by atoms with Crippen LogP contribution in [-0.2, 0) is 14.8 Å². The Bertz CT molecular complexity index is 1140. The van der Waals surface area contributed by atoms with Gasteiger partial charge in [0.15, 0.2) is 6.61 Å². The normalized spacial score (nSPS) is 11.0. The van der Waals surface area contributed by atoms with Gasteiger partial charge in [0, 0.05) is 11.4 Å². The lowest BCUT2D eigenvalue weighted by Crippen LogP contribution is -2.20. The van der Waals surface area contributed by atoms with E-state index in [0.29, 0.717) is 17.1 Å². The van der Waals surface area contributed by atoms with Gasteiger partial charge in [-0.1, -0.05) is 24.3 Å². The standard InChI is InChI=1S/C23H24N2O4S/c1-16-13-17(2)18(3)22(14-16)29-15-23(26)24-19-9-11-21(12-10-19)30(27,28)25-20-7-5-4-6-8-20/h4-14,25H,15H2,1-3H3,(H,24,26). The van der Waals surface area contributed by atoms with Gasteiger partial charge >= 0.3 is 0 Å². The van der Waals surface area contributed by atoms with Crippen molar-refractivity contribution in [1.29, 1.82) is 0 Å². The topological polar surface area (TPSA) is 84.5 Å². The Hall–Kier alpha value is -3.32. The molecule has 2 N–H and O–H groups in total. The summed E-state index contributed by atoms with van der Waals surface area (Å²) in [6, 6.07) is 18.6. The van der Waals surface area contributed by atoms with Crippen LogP contribution in [0.4, 0.5) is 11.4 Å². The molecule has 6 nitrogen and oxygen atoms in total. The van der Waals surface area contributed by atoms with Crippen LogP contribution in [0, 0.1) is 20.8 Å². The molecular weight excluding hydrogens is 400 g/mol. The lowest BCUT2D eigenvalue weighted by atomic mass is 10.1. The third kappa shape index (κ3) is 5.39. The van der Waals surface area contributed by atoms with Crippen LogP contribution in [0.3, 0.4) is 0 Å². The SMILES string of the molecule is Cc1cc(C)c(C)c(OCC(=O)Nc2ccc(S(=O)(=O)Nc3ccccc3)cc2)c1. The Labute approximate surface area is 177 Å². The number of ether oxygens (including phenoxy) is 1. The van der Waals surface area contributed by atoms with Gasteiger partial charge in [-0.3, -0.25) is 9.52 Å². The van der Waals surface area contributed by atoms with Gasteiger partial charge in [-0.05, 0) is 79.9 Å². The van der Waals surface area contributed by atoms with Crippen LogP contribution in [-0.4, -0.2) is 20.9 Å². The highest BCUT2D eigenvalue weighted by Crippen LogP contribution is 2.23. The zero-order valence-corrected chi connectivity index (χ0v) is 17.9. The van der Waals surface area contributed by atoms with E-state index in [4.69, 9.17) is 4.74 Å². The number of carbonyl (C=O) groups excluding carboxylic acids is 1. The zero-order chi connectivity index (χ0) is 21.7. The molecule has 0 aliphatic heterocycles. The van der Waals surface area contributed by atoms with Gasteiger partial charge in [-0.2, -0.15) is 0 Å². The van der Waals surface area contributed by atoms with E-state index < -0.39 is 10.0 Å². The highest BCUT2D eigenvalue weighted by molar-refractivity contribution is 7.92. The fraction of sp³-hybridized carbons (Fsp3) is 0.174. The Kier molecular flexibility index (Phi) is 6.42. The van der Waals surface area contributed by atoms with E-state index in [-0.39, 0.29) is 17.4 Å². The van der Waals surface area contributed by atoms with E-state index in [9.17, 15) is 13.2 Å². The summed E-state index contributed by atoms with van der Waals surface area (Å²) in [6.07, 6.45) is 0. The molecule has 0 saturated heterocycles. The van der Waals surface area contributed by atoms with Crippen molar-refractivity contribution in [1.82, 2.24) is 0 Å². The van der Waals surface area contributed by atoms with Crippen molar-refractivity contribution in [2.45, 2.75) is 25.7 Å². The maximum atomic E-state index is 12.5. The molecule has 0 radical (unpaired) electrons. The maximum absolute atomic E-state index is 12.5. The van der Waals surface area contributed by atoms with Crippen LogP contribution >= 0.6 is 0 Å². The number of hydrogen-bond acceptors (Lipinski definition) is 4. The molecule has 156 valence electrons. The molecule has 0 saturated carbocycles. The van der Waals surface area contributed by atoms with Crippen LogP contribution in [0.25, 0.3) is 0 Å². The van der Waals surface area contributed by atoms with E-state index in [0.717, 1.165) is 16.7 Å². The van der Waals surface area contributed by atoms with Gasteiger partial charge in [0.2, 0.25) is 0 Å². The van der Waals surface area contributed by atoms with Crippen molar-refractivity contribution in [2.75, 3.05) is 16.6 Å². The van der Waals surface area contributed by atoms with E-state index in [1.165, 1.54) is 12.1 Å². The monoisotopic (exact) mass is 424 g/mol. The average molecular weight is 425 g/mol. The predicted octanol–water partition coefficient (Wildman–Crippen LogP) is 4.43. The highest BCUT2D eigenvalue weighted by Gasteiger charge is 2.14. The second-order valence-electron chi connectivity index (χ2n) is 7.04. The quantitative estimate of drug-likeness (QED) is 0.588. The minimum Gasteiger partial charge on any atom is -0.483 e. The lowest BCUT2D eigenvalue weighted by molar-refractivity contribution is -0.118. The first-order chi connectivity index (χ1) is 14.2. The number of rotatable bonds is 7. The van der Waals surface area contributed by atoms with Gasteiger partial charge in [-0.15, -0.1) is 0 Å². The number of carbonyl (C=O) groups is 1. The number of aryl methyl sites for hydroxylation is 2. The molecule has 0 bridgehead atoms. The van der Waals surface area contributed by atoms with Gasteiger partial charge in [-0.25, -0.2) is 8.42 Å². The first-order valence-corrected chi connectivity index (χ1v) is 10.9. The summed E-state index contributed by atoms with van der Waals surface area (Å²) in [6.45, 7) is 5.78. The van der Waals surface area contributed by atoms with Gasteiger partial charge in [0.25, 0.3) is 15.9 Å². The number of anilines is 2. The van der Waals surface area contributed by atoms with Crippen LogP contribution in [0.5, 0.6) is 5.75 Å². The molecule has 0 heterocycles. The molecule has 0 fully saturated rings. The molecule has 3 aromatic carbocycles. The van der Waals surface area contributed by atoms with Crippen molar-refractivity contribution in [2.24, 2.45) is 0 Å². The molecule has 0 atom stereocenters. The molecule has 0 aliphatic rings. The molecule has 0 aliphatic carbocycles. The van der Waals surface area contributed by atoms with Crippen molar-refractivity contribution in [3.63, 3.8) is 0 Å². The summed E-state index contributed by atoms with van der Waals surface area (Å²) in [5, 5.41) is 2.71. The Balaban J connectivity index is 1.61. The third-order valence-electron chi connectivity index (χ3n) is 4.60. The second kappa shape index (κ2) is 9.00. The average Bonchev–Trinajstić information content (AvgIpc) is 2.70.